The lowest BCUT2D eigenvalue weighted by Crippen LogP contribution is -2.25. The molecule has 0 fully saturated rings. The number of hydrogen-bond donors (Lipinski definition) is 0. The summed E-state index contributed by atoms with van der Waals surface area (Å²) < 4.78 is 19.8. The average Bonchev–Trinajstić information content (AvgIpc) is 2.81. The summed E-state index contributed by atoms with van der Waals surface area (Å²) in [5.41, 5.74) is 3.73. The predicted molar refractivity (Wildman–Crippen MR) is 130 cm³/mol. The maximum absolute atomic E-state index is 13.2. The summed E-state index contributed by atoms with van der Waals surface area (Å²) in [6.07, 6.45) is 0. The molecule has 0 aliphatic carbocycles. The number of methoxy groups -OCH3 is 3. The van der Waals surface area contributed by atoms with E-state index in [-0.39, 0.29) is 11.1 Å². The van der Waals surface area contributed by atoms with E-state index in [9.17, 15) is 9.59 Å². The Morgan fingerprint density at radius 1 is 0.758 bits per heavy atom. The van der Waals surface area contributed by atoms with Crippen LogP contribution in [-0.2, 0) is 17.8 Å². The highest BCUT2D eigenvalue weighted by Gasteiger charge is 2.20. The average molecular weight is 449 g/mol. The topological polar surface area (TPSA) is 71.7 Å². The Kier molecular flexibility index (Phi) is 6.24. The van der Waals surface area contributed by atoms with Crippen molar-refractivity contribution in [2.75, 3.05) is 27.9 Å². The number of nitrogens with zero attached hydrogens (tertiary/aromatic N) is 2. The van der Waals surface area contributed by atoms with Gasteiger partial charge in [0, 0.05) is 36.6 Å². The molecule has 4 aromatic rings. The first-order chi connectivity index (χ1) is 15.9. The Morgan fingerprint density at radius 2 is 1.33 bits per heavy atom. The molecule has 0 spiro atoms. The van der Waals surface area contributed by atoms with Crippen LogP contribution in [0.4, 0.5) is 0 Å². The Hall–Kier alpha value is -3.58. The lowest BCUT2D eigenvalue weighted by Gasteiger charge is -2.20. The van der Waals surface area contributed by atoms with Gasteiger partial charge in [-0.2, -0.15) is 0 Å². The molecule has 172 valence electrons. The van der Waals surface area contributed by atoms with Gasteiger partial charge in [0.05, 0.1) is 38.4 Å². The molecule has 0 aliphatic heterocycles. The van der Waals surface area contributed by atoms with Gasteiger partial charge in [0.1, 0.15) is 5.75 Å². The molecule has 0 unspecified atom stereocenters. The molecule has 0 amide bonds. The highest BCUT2D eigenvalue weighted by atomic mass is 16.5. The van der Waals surface area contributed by atoms with Gasteiger partial charge < -0.3 is 23.3 Å². The smallest absolute Gasteiger partial charge is 0.251 e. The third-order valence-corrected chi connectivity index (χ3v) is 6.05. The fourth-order valence-electron chi connectivity index (χ4n) is 4.35. The molecule has 0 saturated heterocycles. The molecule has 0 N–H and O–H groups in total. The van der Waals surface area contributed by atoms with Gasteiger partial charge in [-0.05, 0) is 48.7 Å². The zero-order valence-electron chi connectivity index (χ0n) is 19.6. The van der Waals surface area contributed by atoms with E-state index in [1.807, 2.05) is 44.2 Å². The first kappa shape index (κ1) is 22.6. The van der Waals surface area contributed by atoms with E-state index >= 15 is 0 Å². The maximum Gasteiger partial charge on any atom is 0.251 e. The zero-order chi connectivity index (χ0) is 23.7. The van der Waals surface area contributed by atoms with Crippen LogP contribution in [0.1, 0.15) is 16.7 Å². The SMILES string of the molecule is COCCn1c(=O)cc(C)c2cc3c(C)cc(=O)n(Cc4ccc(OC)cc4)c3c(OC)c21. The summed E-state index contributed by atoms with van der Waals surface area (Å²) >= 11 is 0. The van der Waals surface area contributed by atoms with Gasteiger partial charge in [0.25, 0.3) is 11.1 Å². The molecule has 0 radical (unpaired) electrons. The summed E-state index contributed by atoms with van der Waals surface area (Å²) in [5, 5.41) is 1.82. The molecule has 7 nitrogen and oxygen atoms in total. The van der Waals surface area contributed by atoms with E-state index in [0.717, 1.165) is 33.2 Å². The number of aryl methyl sites for hydroxylation is 2. The quantitative estimate of drug-likeness (QED) is 0.404. The second kappa shape index (κ2) is 9.11. The number of hydrogen-bond acceptors (Lipinski definition) is 5. The van der Waals surface area contributed by atoms with E-state index < -0.39 is 0 Å². The number of pyridine rings is 2. The van der Waals surface area contributed by atoms with Gasteiger partial charge in [0.2, 0.25) is 0 Å². The zero-order valence-corrected chi connectivity index (χ0v) is 19.6. The molecule has 0 saturated carbocycles. The van der Waals surface area contributed by atoms with Crippen molar-refractivity contribution in [3.8, 4) is 11.5 Å². The molecule has 0 aliphatic rings. The van der Waals surface area contributed by atoms with Crippen LogP contribution in [-0.4, -0.2) is 37.1 Å². The molecule has 33 heavy (non-hydrogen) atoms. The third kappa shape index (κ3) is 4.00. The second-order valence-corrected chi connectivity index (χ2v) is 8.11. The monoisotopic (exact) mass is 448 g/mol. The lowest BCUT2D eigenvalue weighted by atomic mass is 10.0. The normalized spacial score (nSPS) is 11.3. The number of fused-ring (bicyclic) bond motifs is 2. The first-order valence-electron chi connectivity index (χ1n) is 10.8. The van der Waals surface area contributed by atoms with E-state index in [0.29, 0.717) is 36.5 Å². The molecular formula is C26H28N2O5. The standard InChI is InChI=1S/C26H28N2O5/c1-16-12-22(29)27(10-11-31-3)24-20(16)14-21-17(2)13-23(30)28(25(21)26(24)33-5)15-18-6-8-19(32-4)9-7-18/h6-9,12-14H,10-11,15H2,1-5H3. The van der Waals surface area contributed by atoms with E-state index in [4.69, 9.17) is 14.2 Å². The van der Waals surface area contributed by atoms with Crippen LogP contribution in [0.3, 0.4) is 0 Å². The van der Waals surface area contributed by atoms with Crippen molar-refractivity contribution in [2.24, 2.45) is 0 Å². The Bertz CT molecular complexity index is 1450. The Balaban J connectivity index is 2.09. The van der Waals surface area contributed by atoms with E-state index in [1.165, 1.54) is 0 Å². The van der Waals surface area contributed by atoms with E-state index in [1.54, 1.807) is 42.6 Å². The minimum absolute atomic E-state index is 0.132. The highest BCUT2D eigenvalue weighted by Crippen LogP contribution is 2.36. The number of aromatic nitrogens is 2. The van der Waals surface area contributed by atoms with Crippen LogP contribution in [0.5, 0.6) is 11.5 Å². The van der Waals surface area contributed by atoms with Gasteiger partial charge in [-0.15, -0.1) is 0 Å². The van der Waals surface area contributed by atoms with Crippen molar-refractivity contribution in [1.29, 1.82) is 0 Å². The summed E-state index contributed by atoms with van der Waals surface area (Å²) in [6, 6.07) is 12.9. The number of ether oxygens (including phenoxy) is 3. The van der Waals surface area contributed by atoms with Crippen molar-refractivity contribution in [3.05, 3.63) is 79.9 Å². The van der Waals surface area contributed by atoms with Crippen molar-refractivity contribution in [1.82, 2.24) is 9.13 Å². The minimum Gasteiger partial charge on any atom is -0.497 e. The van der Waals surface area contributed by atoms with Crippen molar-refractivity contribution in [3.63, 3.8) is 0 Å². The summed E-state index contributed by atoms with van der Waals surface area (Å²) in [7, 11) is 4.80. The van der Waals surface area contributed by atoms with Crippen LogP contribution in [0.25, 0.3) is 21.8 Å². The molecule has 7 heteroatoms. The lowest BCUT2D eigenvalue weighted by molar-refractivity contribution is 0.187. The molecule has 2 aromatic heterocycles. The molecule has 0 bridgehead atoms. The van der Waals surface area contributed by atoms with Gasteiger partial charge in [0.15, 0.2) is 5.75 Å². The number of benzene rings is 2. The highest BCUT2D eigenvalue weighted by molar-refractivity contribution is 6.04. The summed E-state index contributed by atoms with van der Waals surface area (Å²) in [6.45, 7) is 4.95. The van der Waals surface area contributed by atoms with Crippen LogP contribution < -0.4 is 20.6 Å². The molecule has 2 aromatic carbocycles. The largest absolute Gasteiger partial charge is 0.497 e. The first-order valence-corrected chi connectivity index (χ1v) is 10.8. The van der Waals surface area contributed by atoms with Gasteiger partial charge in [-0.25, -0.2) is 0 Å². The van der Waals surface area contributed by atoms with Crippen LogP contribution >= 0.6 is 0 Å². The molecular weight excluding hydrogens is 420 g/mol. The maximum atomic E-state index is 13.2. The Labute approximate surface area is 191 Å². The second-order valence-electron chi connectivity index (χ2n) is 8.11. The minimum atomic E-state index is -0.133. The van der Waals surface area contributed by atoms with Crippen molar-refractivity contribution < 1.29 is 14.2 Å². The van der Waals surface area contributed by atoms with Crippen LogP contribution in [0.2, 0.25) is 0 Å². The third-order valence-electron chi connectivity index (χ3n) is 6.05. The van der Waals surface area contributed by atoms with E-state index in [2.05, 4.69) is 0 Å². The van der Waals surface area contributed by atoms with Gasteiger partial charge >= 0.3 is 0 Å². The summed E-state index contributed by atoms with van der Waals surface area (Å²) in [4.78, 5) is 26.1. The molecule has 0 atom stereocenters. The van der Waals surface area contributed by atoms with Gasteiger partial charge in [-0.1, -0.05) is 12.1 Å². The fourth-order valence-corrected chi connectivity index (χ4v) is 4.35. The molecule has 2 heterocycles. The Morgan fingerprint density at radius 3 is 1.88 bits per heavy atom. The van der Waals surface area contributed by atoms with Crippen molar-refractivity contribution in [2.45, 2.75) is 26.9 Å². The number of rotatable bonds is 7. The van der Waals surface area contributed by atoms with Crippen LogP contribution in [0.15, 0.2) is 52.1 Å². The molecule has 4 rings (SSSR count). The summed E-state index contributed by atoms with van der Waals surface area (Å²) in [5.74, 6) is 1.26. The predicted octanol–water partition coefficient (Wildman–Crippen LogP) is 3.65. The van der Waals surface area contributed by atoms with Crippen LogP contribution in [0, 0.1) is 13.8 Å². The fraction of sp³-hybridized carbons (Fsp3) is 0.308. The van der Waals surface area contributed by atoms with Gasteiger partial charge in [-0.3, -0.25) is 9.59 Å². The van der Waals surface area contributed by atoms with Crippen molar-refractivity contribution >= 4 is 21.8 Å².